The molecule has 0 radical (unpaired) electrons. The molecule has 1 aromatic heterocycles. The molecule has 2 aromatic carbocycles. The minimum Gasteiger partial charge on any atom is -0.496 e. The topological polar surface area (TPSA) is 63.8 Å². The Bertz CT molecular complexity index is 858. The summed E-state index contributed by atoms with van der Waals surface area (Å²) < 4.78 is 6.91. The number of ether oxygens (including phenoxy) is 1. The van der Waals surface area contributed by atoms with Gasteiger partial charge < -0.3 is 14.4 Å². The number of nitroso groups, excluding NO2 is 1. The molecule has 0 unspecified atom stereocenters. The molecule has 0 bridgehead atoms. The Kier molecular flexibility index (Phi) is 3.73. The van der Waals surface area contributed by atoms with Gasteiger partial charge >= 0.3 is 0 Å². The van der Waals surface area contributed by atoms with E-state index in [4.69, 9.17) is 16.3 Å². The van der Waals surface area contributed by atoms with Crippen LogP contribution in [0.3, 0.4) is 0 Å². The second-order valence-corrected chi connectivity index (χ2v) is 5.20. The summed E-state index contributed by atoms with van der Waals surface area (Å²) in [7, 11) is 1.59. The van der Waals surface area contributed by atoms with Crippen molar-refractivity contribution in [3.63, 3.8) is 0 Å². The average molecular weight is 317 g/mol. The lowest BCUT2D eigenvalue weighted by Crippen LogP contribution is -2.01. The number of benzene rings is 2. The zero-order valence-corrected chi connectivity index (χ0v) is 12.5. The van der Waals surface area contributed by atoms with E-state index >= 15 is 0 Å². The highest BCUT2D eigenvalue weighted by atomic mass is 35.5. The summed E-state index contributed by atoms with van der Waals surface area (Å²) in [6, 6.07) is 12.7. The van der Waals surface area contributed by atoms with Crippen molar-refractivity contribution in [2.24, 2.45) is 5.18 Å². The number of hydrogen-bond acceptors (Lipinski definition) is 4. The van der Waals surface area contributed by atoms with Gasteiger partial charge in [-0.05, 0) is 23.4 Å². The lowest BCUT2D eigenvalue weighted by molar-refractivity contribution is 0.403. The van der Waals surface area contributed by atoms with Gasteiger partial charge in [0.15, 0.2) is 5.69 Å². The van der Waals surface area contributed by atoms with Crippen LogP contribution in [0.15, 0.2) is 47.6 Å². The highest BCUT2D eigenvalue weighted by Crippen LogP contribution is 2.42. The standard InChI is InChI=1S/C16H13ClN2O3/c1-22-13-8-3-2-5-10(13)9-19-12-7-4-6-11(17)14(12)15(18-21)16(19)20/h2-8,20H,9H2,1H3. The molecule has 1 heterocycles. The van der Waals surface area contributed by atoms with Crippen LogP contribution in [0.1, 0.15) is 5.56 Å². The normalized spacial score (nSPS) is 10.8. The molecule has 0 aliphatic heterocycles. The first-order chi connectivity index (χ1) is 10.7. The van der Waals surface area contributed by atoms with E-state index in [0.717, 1.165) is 5.56 Å². The number of nitrogens with zero attached hydrogens (tertiary/aromatic N) is 2. The summed E-state index contributed by atoms with van der Waals surface area (Å²) in [5.74, 6) is 0.496. The van der Waals surface area contributed by atoms with Crippen molar-refractivity contribution in [3.8, 4) is 11.6 Å². The van der Waals surface area contributed by atoms with Gasteiger partial charge in [-0.3, -0.25) is 0 Å². The summed E-state index contributed by atoms with van der Waals surface area (Å²) in [4.78, 5) is 11.1. The number of fused-ring (bicyclic) bond motifs is 1. The van der Waals surface area contributed by atoms with E-state index in [1.54, 1.807) is 29.9 Å². The van der Waals surface area contributed by atoms with Gasteiger partial charge in [-0.2, -0.15) is 0 Å². The maximum absolute atomic E-state index is 11.1. The number of halogens is 1. The minimum absolute atomic E-state index is 0.0458. The van der Waals surface area contributed by atoms with E-state index in [1.165, 1.54) is 0 Å². The lowest BCUT2D eigenvalue weighted by Gasteiger charge is -2.11. The molecule has 0 spiro atoms. The van der Waals surface area contributed by atoms with Crippen molar-refractivity contribution < 1.29 is 9.84 Å². The Balaban J connectivity index is 2.21. The van der Waals surface area contributed by atoms with Crippen LogP contribution >= 0.6 is 11.6 Å². The summed E-state index contributed by atoms with van der Waals surface area (Å²) in [5, 5.41) is 14.1. The van der Waals surface area contributed by atoms with Gasteiger partial charge in [0.2, 0.25) is 5.88 Å². The smallest absolute Gasteiger partial charge is 0.222 e. The van der Waals surface area contributed by atoms with E-state index in [1.807, 2.05) is 24.3 Å². The average Bonchev–Trinajstić information content (AvgIpc) is 2.81. The third-order valence-electron chi connectivity index (χ3n) is 3.60. The molecule has 0 saturated carbocycles. The molecule has 3 aromatic rings. The van der Waals surface area contributed by atoms with Crippen LogP contribution in [0, 0.1) is 4.91 Å². The van der Waals surface area contributed by atoms with E-state index < -0.39 is 0 Å². The summed E-state index contributed by atoms with van der Waals surface area (Å²) >= 11 is 6.14. The molecule has 1 N–H and O–H groups in total. The molecule has 5 nitrogen and oxygen atoms in total. The van der Waals surface area contributed by atoms with Gasteiger partial charge in [0, 0.05) is 5.56 Å². The summed E-state index contributed by atoms with van der Waals surface area (Å²) in [5.41, 5.74) is 1.47. The van der Waals surface area contributed by atoms with Crippen LogP contribution in [0.4, 0.5) is 5.69 Å². The van der Waals surface area contributed by atoms with Crippen molar-refractivity contribution in [3.05, 3.63) is 58.0 Å². The van der Waals surface area contributed by atoms with Gasteiger partial charge in [0.1, 0.15) is 5.75 Å². The van der Waals surface area contributed by atoms with Crippen LogP contribution in [-0.4, -0.2) is 16.8 Å². The third-order valence-corrected chi connectivity index (χ3v) is 3.91. The largest absolute Gasteiger partial charge is 0.496 e. The molecule has 0 fully saturated rings. The number of aromatic hydroxyl groups is 1. The van der Waals surface area contributed by atoms with Crippen LogP contribution in [0.2, 0.25) is 5.02 Å². The molecule has 0 atom stereocenters. The van der Waals surface area contributed by atoms with Gasteiger partial charge in [0.25, 0.3) is 0 Å². The molecule has 0 saturated heterocycles. The van der Waals surface area contributed by atoms with Crippen LogP contribution in [-0.2, 0) is 6.54 Å². The molecular formula is C16H13ClN2O3. The molecule has 0 aliphatic rings. The fourth-order valence-electron chi connectivity index (χ4n) is 2.58. The number of methoxy groups -OCH3 is 1. The van der Waals surface area contributed by atoms with E-state index in [2.05, 4.69) is 5.18 Å². The van der Waals surface area contributed by atoms with Crippen molar-refractivity contribution in [1.29, 1.82) is 0 Å². The zero-order valence-electron chi connectivity index (χ0n) is 11.8. The lowest BCUT2D eigenvalue weighted by atomic mass is 10.2. The second kappa shape index (κ2) is 5.69. The first-order valence-corrected chi connectivity index (χ1v) is 7.00. The molecule has 0 amide bonds. The Morgan fingerprint density at radius 3 is 2.73 bits per heavy atom. The maximum Gasteiger partial charge on any atom is 0.222 e. The molecule has 0 aliphatic carbocycles. The van der Waals surface area contributed by atoms with Gasteiger partial charge in [0.05, 0.1) is 29.6 Å². The predicted octanol–water partition coefficient (Wildman–Crippen LogP) is 4.46. The van der Waals surface area contributed by atoms with Crippen LogP contribution < -0.4 is 4.74 Å². The van der Waals surface area contributed by atoms with Crippen molar-refractivity contribution >= 4 is 28.2 Å². The highest BCUT2D eigenvalue weighted by molar-refractivity contribution is 6.36. The van der Waals surface area contributed by atoms with Crippen LogP contribution in [0.5, 0.6) is 11.6 Å². The third kappa shape index (κ3) is 2.19. The Morgan fingerprint density at radius 2 is 2.00 bits per heavy atom. The number of aromatic nitrogens is 1. The number of hydrogen-bond donors (Lipinski definition) is 1. The Labute approximate surface area is 131 Å². The first kappa shape index (κ1) is 14.4. The van der Waals surface area contributed by atoms with Crippen molar-refractivity contribution in [1.82, 2.24) is 4.57 Å². The molecule has 22 heavy (non-hydrogen) atoms. The van der Waals surface area contributed by atoms with E-state index in [0.29, 0.717) is 28.2 Å². The predicted molar refractivity (Wildman–Crippen MR) is 86.2 cm³/mol. The van der Waals surface area contributed by atoms with E-state index in [9.17, 15) is 10.0 Å². The van der Waals surface area contributed by atoms with Crippen LogP contribution in [0.25, 0.3) is 10.9 Å². The van der Waals surface area contributed by atoms with Gasteiger partial charge in [-0.1, -0.05) is 35.9 Å². The molecule has 3 rings (SSSR count). The quantitative estimate of drug-likeness (QED) is 0.723. The first-order valence-electron chi connectivity index (χ1n) is 6.62. The summed E-state index contributed by atoms with van der Waals surface area (Å²) in [6.45, 7) is 0.336. The molecular weight excluding hydrogens is 304 g/mol. The zero-order chi connectivity index (χ0) is 15.7. The second-order valence-electron chi connectivity index (χ2n) is 4.80. The monoisotopic (exact) mass is 316 g/mol. The fourth-order valence-corrected chi connectivity index (χ4v) is 2.84. The Hall–Kier alpha value is -2.53. The van der Waals surface area contributed by atoms with Gasteiger partial charge in [-0.15, -0.1) is 4.91 Å². The number of rotatable bonds is 4. The van der Waals surface area contributed by atoms with E-state index in [-0.39, 0.29) is 11.6 Å². The van der Waals surface area contributed by atoms with Gasteiger partial charge in [-0.25, -0.2) is 0 Å². The minimum atomic E-state index is -0.205. The fraction of sp³-hybridized carbons (Fsp3) is 0.125. The highest BCUT2D eigenvalue weighted by Gasteiger charge is 2.20. The number of para-hydroxylation sites is 1. The van der Waals surface area contributed by atoms with Crippen molar-refractivity contribution in [2.75, 3.05) is 7.11 Å². The molecule has 6 heteroatoms. The van der Waals surface area contributed by atoms with Crippen molar-refractivity contribution in [2.45, 2.75) is 6.54 Å². The SMILES string of the molecule is COc1ccccc1Cn1c(O)c(N=O)c2c(Cl)cccc21. The Morgan fingerprint density at radius 1 is 1.23 bits per heavy atom. The maximum atomic E-state index is 11.1. The molecule has 112 valence electrons. The summed E-state index contributed by atoms with van der Waals surface area (Å²) in [6.07, 6.45) is 0.